The molecule has 6 aromatic rings. The molecule has 0 saturated heterocycles. The van der Waals surface area contributed by atoms with Crippen LogP contribution < -0.4 is 20.1 Å². The molecule has 0 heterocycles. The first-order valence-corrected chi connectivity index (χ1v) is 18.0. The van der Waals surface area contributed by atoms with E-state index in [1.54, 1.807) is 48.5 Å². The van der Waals surface area contributed by atoms with Crippen LogP contribution in [-0.2, 0) is 24.8 Å². The third kappa shape index (κ3) is 7.90. The van der Waals surface area contributed by atoms with Gasteiger partial charge in [-0.25, -0.2) is 31.2 Å². The second-order valence-corrected chi connectivity index (χ2v) is 14.6. The number of benzene rings is 6. The summed E-state index contributed by atoms with van der Waals surface area (Å²) in [4.78, 5) is 35.7. The number of rotatable bonds is 10. The normalized spacial score (nSPS) is 11.5. The number of ether oxygens (including phenoxy) is 1. The van der Waals surface area contributed by atoms with Crippen molar-refractivity contribution >= 4 is 82.3 Å². The summed E-state index contributed by atoms with van der Waals surface area (Å²) in [6.45, 7) is 0. The summed E-state index contributed by atoms with van der Waals surface area (Å²) in [7, 11) is -6.77. The number of hydrogen-bond acceptors (Lipinski definition) is 8. The van der Waals surface area contributed by atoms with Crippen molar-refractivity contribution in [1.29, 1.82) is 0 Å². The van der Waals surface area contributed by atoms with Crippen molar-refractivity contribution in [2.75, 3.05) is 27.2 Å². The van der Waals surface area contributed by atoms with Crippen molar-refractivity contribution in [1.82, 2.24) is 0 Å². The summed E-state index contributed by atoms with van der Waals surface area (Å²) in [5.41, 5.74) is 1.50. The lowest BCUT2D eigenvalue weighted by Gasteiger charge is -2.12. The van der Waals surface area contributed by atoms with E-state index in [-0.39, 0.29) is 32.3 Å². The molecule has 0 fully saturated rings. The van der Waals surface area contributed by atoms with Gasteiger partial charge in [-0.15, -0.1) is 0 Å². The number of amides is 2. The highest BCUT2D eigenvalue weighted by molar-refractivity contribution is 7.93. The molecule has 0 aliphatic heterocycles. The second-order valence-electron chi connectivity index (χ2n) is 11.2. The van der Waals surface area contributed by atoms with Crippen LogP contribution in [0.2, 0.25) is 0 Å². The average Bonchev–Trinajstić information content (AvgIpc) is 3.10. The van der Waals surface area contributed by atoms with Gasteiger partial charge in [-0.05, 0) is 119 Å². The first kappa shape index (κ1) is 34.4. The second kappa shape index (κ2) is 13.8. The topological polar surface area (TPSA) is 197 Å². The minimum Gasteiger partial charge on any atom is -0.478 e. The van der Waals surface area contributed by atoms with E-state index in [4.69, 9.17) is 5.11 Å². The largest absolute Gasteiger partial charge is 0.478 e. The molecule has 51 heavy (non-hydrogen) atoms. The number of anilines is 4. The van der Waals surface area contributed by atoms with E-state index >= 15 is 0 Å². The van der Waals surface area contributed by atoms with E-state index in [0.717, 1.165) is 10.8 Å². The molecule has 0 bridgehead atoms. The van der Waals surface area contributed by atoms with Gasteiger partial charge in [0.25, 0.3) is 20.0 Å². The van der Waals surface area contributed by atoms with E-state index in [9.17, 15) is 31.2 Å². The Kier molecular flexibility index (Phi) is 9.32. The molecule has 5 N–H and O–H groups in total. The summed E-state index contributed by atoms with van der Waals surface area (Å²) >= 11 is 0. The van der Waals surface area contributed by atoms with Crippen LogP contribution in [-0.4, -0.2) is 47.0 Å². The van der Waals surface area contributed by atoms with Gasteiger partial charge in [0.1, 0.15) is 0 Å². The Morgan fingerprint density at radius 3 is 1.31 bits per heavy atom. The predicted molar refractivity (Wildman–Crippen MR) is 193 cm³/mol. The summed E-state index contributed by atoms with van der Waals surface area (Å²) < 4.78 is 62.0. The van der Waals surface area contributed by atoms with Crippen LogP contribution in [0.5, 0.6) is 0 Å². The summed E-state index contributed by atoms with van der Waals surface area (Å²) in [6.07, 6.45) is 0. The average molecular weight is 725 g/mol. The molecule has 0 saturated carbocycles. The molecule has 0 atom stereocenters. The maximum Gasteiger partial charge on any atom is 0.337 e. The smallest absolute Gasteiger partial charge is 0.337 e. The molecule has 13 nitrogen and oxygen atoms in total. The van der Waals surface area contributed by atoms with Gasteiger partial charge in [0.2, 0.25) is 0 Å². The van der Waals surface area contributed by atoms with Gasteiger partial charge >= 0.3 is 18.0 Å². The number of sulfonamides is 2. The summed E-state index contributed by atoms with van der Waals surface area (Å²) in [5.74, 6) is -1.68. The maximum atomic E-state index is 13.1. The standard InChI is InChI=1S/C36H28N4O9S2/c1-49-35(43)25-6-12-29(13-7-25)40-51(47,48)33-17-9-23-3-15-31(19-27(23)21-33)38-36(44)37-30-14-2-22-8-16-32(20-26(22)18-30)50(45,46)39-28-10-4-24(5-11-28)34(41)42/h2-21,39-40H,1H3,(H,41,42)(H2,37,38,44). The fraction of sp³-hybridized carbons (Fsp3) is 0.0278. The lowest BCUT2D eigenvalue weighted by molar-refractivity contribution is 0.0599. The monoisotopic (exact) mass is 724 g/mol. The third-order valence-electron chi connectivity index (χ3n) is 7.70. The number of carbonyl (C=O) groups excluding carboxylic acids is 2. The van der Waals surface area contributed by atoms with Gasteiger partial charge in [-0.1, -0.05) is 24.3 Å². The Balaban J connectivity index is 1.15. The zero-order valence-electron chi connectivity index (χ0n) is 26.6. The number of methoxy groups -OCH3 is 1. The highest BCUT2D eigenvalue weighted by Gasteiger charge is 2.17. The van der Waals surface area contributed by atoms with Gasteiger partial charge in [0.05, 0.1) is 28.0 Å². The Bertz CT molecular complexity index is 2560. The number of aromatic carboxylic acids is 1. The molecule has 2 amide bonds. The van der Waals surface area contributed by atoms with Gasteiger partial charge in [-0.2, -0.15) is 0 Å². The lowest BCUT2D eigenvalue weighted by Crippen LogP contribution is -2.19. The first-order valence-electron chi connectivity index (χ1n) is 15.0. The van der Waals surface area contributed by atoms with Crippen molar-refractivity contribution in [2.45, 2.75) is 9.79 Å². The Labute approximate surface area is 292 Å². The minimum atomic E-state index is -4.02. The quantitative estimate of drug-likeness (QED) is 0.0952. The van der Waals surface area contributed by atoms with Crippen molar-refractivity contribution in [3.05, 3.63) is 132 Å². The van der Waals surface area contributed by atoms with E-state index in [2.05, 4.69) is 24.8 Å². The molecular formula is C36H28N4O9S2. The SMILES string of the molecule is COC(=O)c1ccc(NS(=O)(=O)c2ccc3ccc(NC(=O)Nc4ccc5ccc(S(=O)(=O)Nc6ccc(C(=O)O)cc6)cc5c4)cc3c2)cc1. The van der Waals surface area contributed by atoms with Crippen LogP contribution in [0.15, 0.2) is 131 Å². The summed E-state index contributed by atoms with van der Waals surface area (Å²) in [6, 6.07) is 29.6. The first-order chi connectivity index (χ1) is 24.3. The van der Waals surface area contributed by atoms with Gasteiger partial charge in [-0.3, -0.25) is 9.44 Å². The fourth-order valence-electron chi connectivity index (χ4n) is 5.13. The zero-order valence-corrected chi connectivity index (χ0v) is 28.2. The van der Waals surface area contributed by atoms with Crippen LogP contribution in [0.25, 0.3) is 21.5 Å². The van der Waals surface area contributed by atoms with Crippen LogP contribution >= 0.6 is 0 Å². The van der Waals surface area contributed by atoms with Gasteiger partial charge < -0.3 is 20.5 Å². The van der Waals surface area contributed by atoms with E-state index in [1.165, 1.54) is 79.9 Å². The molecule has 0 unspecified atom stereocenters. The molecule has 0 spiro atoms. The lowest BCUT2D eigenvalue weighted by atomic mass is 10.1. The van der Waals surface area contributed by atoms with Crippen molar-refractivity contribution in [3.63, 3.8) is 0 Å². The number of hydrogen-bond donors (Lipinski definition) is 5. The van der Waals surface area contributed by atoms with Crippen LogP contribution in [0.1, 0.15) is 20.7 Å². The predicted octanol–water partition coefficient (Wildman–Crippen LogP) is 6.72. The molecule has 0 aromatic heterocycles. The van der Waals surface area contributed by atoms with Gasteiger partial charge in [0.15, 0.2) is 0 Å². The number of esters is 1. The number of carboxylic acid groups (broad SMARTS) is 1. The van der Waals surface area contributed by atoms with Crippen molar-refractivity contribution in [2.24, 2.45) is 0 Å². The highest BCUT2D eigenvalue weighted by Crippen LogP contribution is 2.27. The van der Waals surface area contributed by atoms with E-state index in [1.807, 2.05) is 0 Å². The fourth-order valence-corrected chi connectivity index (χ4v) is 7.32. The molecule has 15 heteroatoms. The van der Waals surface area contributed by atoms with Crippen LogP contribution in [0, 0.1) is 0 Å². The Hall–Kier alpha value is -6.45. The van der Waals surface area contributed by atoms with Crippen molar-refractivity contribution in [3.8, 4) is 0 Å². The Morgan fingerprint density at radius 1 is 0.510 bits per heavy atom. The van der Waals surface area contributed by atoms with E-state index < -0.39 is 38.0 Å². The number of nitrogens with one attached hydrogen (secondary N) is 4. The minimum absolute atomic E-state index is 0.0162. The molecule has 6 rings (SSSR count). The number of urea groups is 1. The third-order valence-corrected chi connectivity index (χ3v) is 10.5. The molecule has 0 aliphatic rings. The number of carboxylic acids is 1. The molecule has 0 radical (unpaired) electrons. The summed E-state index contributed by atoms with van der Waals surface area (Å²) in [5, 5.41) is 17.0. The number of carbonyl (C=O) groups is 3. The van der Waals surface area contributed by atoms with Crippen molar-refractivity contribution < 1.29 is 41.1 Å². The molecular weight excluding hydrogens is 697 g/mol. The number of fused-ring (bicyclic) bond motifs is 2. The highest BCUT2D eigenvalue weighted by atomic mass is 32.2. The Morgan fingerprint density at radius 2 is 0.902 bits per heavy atom. The van der Waals surface area contributed by atoms with E-state index in [0.29, 0.717) is 22.1 Å². The maximum absolute atomic E-state index is 13.1. The molecule has 258 valence electrons. The van der Waals surface area contributed by atoms with Gasteiger partial charge in [0, 0.05) is 22.7 Å². The van der Waals surface area contributed by atoms with Crippen LogP contribution in [0.3, 0.4) is 0 Å². The zero-order chi connectivity index (χ0) is 36.3. The van der Waals surface area contributed by atoms with Crippen LogP contribution in [0.4, 0.5) is 27.5 Å². The molecule has 0 aliphatic carbocycles. The molecule has 6 aromatic carbocycles.